The van der Waals surface area contributed by atoms with Crippen molar-refractivity contribution >= 4 is 17.5 Å². The van der Waals surface area contributed by atoms with E-state index < -0.39 is 0 Å². The Morgan fingerprint density at radius 3 is 2.48 bits per heavy atom. The zero-order chi connectivity index (χ0) is 16.7. The third-order valence-corrected chi connectivity index (χ3v) is 3.43. The minimum absolute atomic E-state index is 0.00488. The van der Waals surface area contributed by atoms with Crippen molar-refractivity contribution in [1.82, 2.24) is 5.32 Å². The second kappa shape index (κ2) is 8.17. The van der Waals surface area contributed by atoms with Crippen molar-refractivity contribution in [2.24, 2.45) is 0 Å². The second-order valence-electron chi connectivity index (χ2n) is 5.48. The van der Waals surface area contributed by atoms with Gasteiger partial charge in [-0.1, -0.05) is 19.1 Å². The van der Waals surface area contributed by atoms with Crippen LogP contribution in [0, 0.1) is 0 Å². The molecule has 0 radical (unpaired) electrons. The largest absolute Gasteiger partial charge is 0.467 e. The van der Waals surface area contributed by atoms with Crippen LogP contribution in [0.2, 0.25) is 0 Å². The molecule has 0 aliphatic rings. The molecule has 0 aliphatic carbocycles. The van der Waals surface area contributed by atoms with Crippen LogP contribution in [0.25, 0.3) is 0 Å². The van der Waals surface area contributed by atoms with Gasteiger partial charge in [-0.15, -0.1) is 0 Å². The summed E-state index contributed by atoms with van der Waals surface area (Å²) >= 11 is 0. The number of carbonyl (C=O) groups is 2. The van der Waals surface area contributed by atoms with E-state index in [4.69, 9.17) is 4.42 Å². The Hall–Kier alpha value is -2.56. The number of benzene rings is 1. The normalized spacial score (nSPS) is 11.7. The number of furan rings is 1. The first-order valence-corrected chi connectivity index (χ1v) is 7.80. The lowest BCUT2D eigenvalue weighted by atomic mass is 10.1. The van der Waals surface area contributed by atoms with Crippen molar-refractivity contribution in [3.8, 4) is 0 Å². The van der Waals surface area contributed by atoms with Gasteiger partial charge in [0.25, 0.3) is 0 Å². The van der Waals surface area contributed by atoms with E-state index in [9.17, 15) is 9.59 Å². The fraction of sp³-hybridized carbons (Fsp3) is 0.333. The molecule has 0 unspecified atom stereocenters. The highest BCUT2D eigenvalue weighted by Crippen LogP contribution is 2.14. The summed E-state index contributed by atoms with van der Waals surface area (Å²) in [7, 11) is 0. The summed E-state index contributed by atoms with van der Waals surface area (Å²) in [6.45, 7) is 3.84. The average molecular weight is 314 g/mol. The summed E-state index contributed by atoms with van der Waals surface area (Å²) in [6, 6.07) is 10.8. The second-order valence-corrected chi connectivity index (χ2v) is 5.48. The molecule has 0 aliphatic heterocycles. The zero-order valence-electron chi connectivity index (χ0n) is 13.5. The Kier molecular flexibility index (Phi) is 5.97. The molecule has 0 bridgehead atoms. The van der Waals surface area contributed by atoms with Crippen LogP contribution in [0.4, 0.5) is 5.69 Å². The molecule has 1 aromatic carbocycles. The first-order chi connectivity index (χ1) is 11.1. The first-order valence-electron chi connectivity index (χ1n) is 7.80. The van der Waals surface area contributed by atoms with Crippen LogP contribution < -0.4 is 10.6 Å². The van der Waals surface area contributed by atoms with Crippen molar-refractivity contribution in [2.75, 3.05) is 5.32 Å². The maximum Gasteiger partial charge on any atom is 0.224 e. The molecule has 2 N–H and O–H groups in total. The minimum atomic E-state index is -0.162. The molecule has 0 spiro atoms. The van der Waals surface area contributed by atoms with Crippen LogP contribution in [0.5, 0.6) is 0 Å². The van der Waals surface area contributed by atoms with Crippen LogP contribution >= 0.6 is 0 Å². The van der Waals surface area contributed by atoms with Crippen LogP contribution in [-0.2, 0) is 16.0 Å². The molecule has 1 heterocycles. The van der Waals surface area contributed by atoms with Crippen molar-refractivity contribution in [1.29, 1.82) is 0 Å². The van der Waals surface area contributed by atoms with E-state index in [1.165, 1.54) is 0 Å². The minimum Gasteiger partial charge on any atom is -0.467 e. The lowest BCUT2D eigenvalue weighted by molar-refractivity contribution is -0.121. The molecule has 122 valence electrons. The Morgan fingerprint density at radius 1 is 1.13 bits per heavy atom. The van der Waals surface area contributed by atoms with Gasteiger partial charge in [0.05, 0.1) is 18.7 Å². The molecule has 5 heteroatoms. The van der Waals surface area contributed by atoms with Crippen molar-refractivity contribution in [3.05, 3.63) is 54.0 Å². The number of amides is 2. The standard InChI is InChI=1S/C18H22N2O3/c1-3-5-17(21)20-15-9-7-14(8-10-15)12-18(22)19-13(2)16-6-4-11-23-16/h4,6-11,13H,3,5,12H2,1-2H3,(H,19,22)(H,20,21)/t13-/m0/s1. The molecule has 0 saturated heterocycles. The number of hydrogen-bond acceptors (Lipinski definition) is 3. The summed E-state index contributed by atoms with van der Waals surface area (Å²) in [5.74, 6) is 0.661. The van der Waals surface area contributed by atoms with Gasteiger partial charge in [-0.2, -0.15) is 0 Å². The summed E-state index contributed by atoms with van der Waals surface area (Å²) < 4.78 is 5.26. The Morgan fingerprint density at radius 2 is 1.87 bits per heavy atom. The van der Waals surface area contributed by atoms with Gasteiger partial charge in [0.2, 0.25) is 11.8 Å². The number of anilines is 1. The van der Waals surface area contributed by atoms with Crippen LogP contribution in [0.3, 0.4) is 0 Å². The molecular formula is C18H22N2O3. The van der Waals surface area contributed by atoms with E-state index in [1.807, 2.05) is 44.2 Å². The van der Waals surface area contributed by atoms with Crippen molar-refractivity contribution in [2.45, 2.75) is 39.2 Å². The summed E-state index contributed by atoms with van der Waals surface area (Å²) in [4.78, 5) is 23.6. The lowest BCUT2D eigenvalue weighted by Gasteiger charge is -2.11. The average Bonchev–Trinajstić information content (AvgIpc) is 3.04. The van der Waals surface area contributed by atoms with Gasteiger partial charge in [-0.25, -0.2) is 0 Å². The molecule has 2 aromatic rings. The Balaban J connectivity index is 1.85. The zero-order valence-corrected chi connectivity index (χ0v) is 13.5. The van der Waals surface area contributed by atoms with E-state index in [-0.39, 0.29) is 24.3 Å². The van der Waals surface area contributed by atoms with E-state index >= 15 is 0 Å². The highest BCUT2D eigenvalue weighted by atomic mass is 16.3. The van der Waals surface area contributed by atoms with Gasteiger partial charge in [-0.3, -0.25) is 9.59 Å². The highest BCUT2D eigenvalue weighted by molar-refractivity contribution is 5.90. The van der Waals surface area contributed by atoms with Gasteiger partial charge < -0.3 is 15.1 Å². The predicted molar refractivity (Wildman–Crippen MR) is 88.9 cm³/mol. The summed E-state index contributed by atoms with van der Waals surface area (Å²) in [5.41, 5.74) is 1.64. The van der Waals surface area contributed by atoms with Crippen molar-refractivity contribution in [3.63, 3.8) is 0 Å². The molecule has 23 heavy (non-hydrogen) atoms. The molecule has 1 atom stereocenters. The van der Waals surface area contributed by atoms with Crippen LogP contribution in [0.1, 0.15) is 44.1 Å². The van der Waals surface area contributed by atoms with Gasteiger partial charge in [0.15, 0.2) is 0 Å². The molecule has 2 rings (SSSR count). The van der Waals surface area contributed by atoms with Gasteiger partial charge >= 0.3 is 0 Å². The fourth-order valence-corrected chi connectivity index (χ4v) is 2.24. The monoisotopic (exact) mass is 314 g/mol. The number of carbonyl (C=O) groups excluding carboxylic acids is 2. The van der Waals surface area contributed by atoms with E-state index in [0.29, 0.717) is 6.42 Å². The quantitative estimate of drug-likeness (QED) is 0.822. The SMILES string of the molecule is CCCC(=O)Nc1ccc(CC(=O)N[C@@H](C)c2ccco2)cc1. The van der Waals surface area contributed by atoms with Crippen LogP contribution in [-0.4, -0.2) is 11.8 Å². The first kappa shape index (κ1) is 16.8. The summed E-state index contributed by atoms with van der Waals surface area (Å²) in [5, 5.41) is 5.71. The highest BCUT2D eigenvalue weighted by Gasteiger charge is 2.12. The topological polar surface area (TPSA) is 71.3 Å². The maximum absolute atomic E-state index is 12.0. The molecule has 0 fully saturated rings. The Labute approximate surface area is 136 Å². The van der Waals surface area contributed by atoms with Crippen molar-refractivity contribution < 1.29 is 14.0 Å². The van der Waals surface area contributed by atoms with Gasteiger partial charge in [-0.05, 0) is 43.2 Å². The Bertz CT molecular complexity index is 633. The van der Waals surface area contributed by atoms with Gasteiger partial charge in [0.1, 0.15) is 5.76 Å². The lowest BCUT2D eigenvalue weighted by Crippen LogP contribution is -2.27. The molecule has 1 aromatic heterocycles. The van der Waals surface area contributed by atoms with E-state index in [0.717, 1.165) is 23.4 Å². The molecule has 0 saturated carbocycles. The number of hydrogen-bond donors (Lipinski definition) is 2. The van der Waals surface area contributed by atoms with E-state index in [1.54, 1.807) is 12.3 Å². The number of rotatable bonds is 7. The van der Waals surface area contributed by atoms with E-state index in [2.05, 4.69) is 10.6 Å². The molecule has 5 nitrogen and oxygen atoms in total. The third kappa shape index (κ3) is 5.29. The van der Waals surface area contributed by atoms with Crippen LogP contribution in [0.15, 0.2) is 47.1 Å². The smallest absolute Gasteiger partial charge is 0.224 e. The predicted octanol–water partition coefficient (Wildman–Crippen LogP) is 3.44. The fourth-order valence-electron chi connectivity index (χ4n) is 2.24. The molecular weight excluding hydrogens is 292 g/mol. The third-order valence-electron chi connectivity index (χ3n) is 3.43. The van der Waals surface area contributed by atoms with Gasteiger partial charge in [0, 0.05) is 12.1 Å². The summed E-state index contributed by atoms with van der Waals surface area (Å²) in [6.07, 6.45) is 3.20. The maximum atomic E-state index is 12.0. The molecule has 2 amide bonds. The number of nitrogens with one attached hydrogen (secondary N) is 2.